The highest BCUT2D eigenvalue weighted by Crippen LogP contribution is 2.36. The number of hydrogen-bond acceptors (Lipinski definition) is 4. The molecule has 0 aliphatic carbocycles. The standard InChI is InChI=1S/C24H27F3N4O2S2/c1-4-19(25)13-22(27)16(3)31-24-18(11-17-7-6-8-20(26)12-17)14-34(32)15-21(24)23(29-31)9-10-35(33)30-28-5-2/h4,6-10,12-13,18,28,30H,3,5,11,14-15H2,1-2H3/b10-9+,19-4+,22-13+. The Kier molecular flexibility index (Phi) is 9.55. The van der Waals surface area contributed by atoms with Crippen LogP contribution in [0.2, 0.25) is 0 Å². The summed E-state index contributed by atoms with van der Waals surface area (Å²) in [5, 5.41) is 5.82. The van der Waals surface area contributed by atoms with Gasteiger partial charge in [0.2, 0.25) is 0 Å². The predicted molar refractivity (Wildman–Crippen MR) is 135 cm³/mol. The largest absolute Gasteiger partial charge is 0.259 e. The van der Waals surface area contributed by atoms with Gasteiger partial charge in [-0.1, -0.05) is 31.7 Å². The molecule has 1 aromatic carbocycles. The number of nitrogens with zero attached hydrogens (tertiary/aromatic N) is 2. The highest BCUT2D eigenvalue weighted by Gasteiger charge is 2.33. The van der Waals surface area contributed by atoms with Gasteiger partial charge in [0.1, 0.15) is 22.6 Å². The second-order valence-corrected chi connectivity index (χ2v) is 10.4. The monoisotopic (exact) mass is 524 g/mol. The van der Waals surface area contributed by atoms with Gasteiger partial charge in [-0.15, -0.1) is 0 Å². The predicted octanol–water partition coefficient (Wildman–Crippen LogP) is 4.56. The topological polar surface area (TPSA) is 76.0 Å². The highest BCUT2D eigenvalue weighted by atomic mass is 32.2. The van der Waals surface area contributed by atoms with Crippen LogP contribution < -0.4 is 10.3 Å². The summed E-state index contributed by atoms with van der Waals surface area (Å²) in [7, 11) is -2.82. The van der Waals surface area contributed by atoms with Gasteiger partial charge < -0.3 is 0 Å². The van der Waals surface area contributed by atoms with Gasteiger partial charge in [-0.2, -0.15) is 9.93 Å². The maximum atomic E-state index is 14.9. The van der Waals surface area contributed by atoms with Crippen LogP contribution in [0, 0.1) is 5.82 Å². The van der Waals surface area contributed by atoms with E-state index in [0.29, 0.717) is 41.6 Å². The first-order valence-corrected chi connectivity index (χ1v) is 13.6. The first-order valence-electron chi connectivity index (χ1n) is 10.9. The fraction of sp³-hybridized carbons (Fsp3) is 0.292. The molecule has 188 valence electrons. The van der Waals surface area contributed by atoms with Gasteiger partial charge in [0.25, 0.3) is 0 Å². The number of nitrogens with one attached hydrogen (secondary N) is 2. The van der Waals surface area contributed by atoms with E-state index >= 15 is 0 Å². The number of hydrogen-bond donors (Lipinski definition) is 2. The third-order valence-corrected chi connectivity index (χ3v) is 7.39. The van der Waals surface area contributed by atoms with Crippen LogP contribution in [0.3, 0.4) is 0 Å². The summed E-state index contributed by atoms with van der Waals surface area (Å²) in [5.74, 6) is -2.06. The van der Waals surface area contributed by atoms with Crippen LogP contribution in [0.25, 0.3) is 11.8 Å². The summed E-state index contributed by atoms with van der Waals surface area (Å²) in [6.07, 6.45) is 3.66. The zero-order chi connectivity index (χ0) is 25.5. The van der Waals surface area contributed by atoms with Crippen LogP contribution in [0.1, 0.15) is 42.3 Å². The van der Waals surface area contributed by atoms with Gasteiger partial charge in [-0.05, 0) is 37.1 Å². The molecule has 0 radical (unpaired) electrons. The van der Waals surface area contributed by atoms with E-state index in [1.54, 1.807) is 12.1 Å². The molecule has 1 aliphatic rings. The Balaban J connectivity index is 2.09. The lowest BCUT2D eigenvalue weighted by molar-refractivity contribution is 0.607. The Morgan fingerprint density at radius 1 is 1.40 bits per heavy atom. The van der Waals surface area contributed by atoms with Gasteiger partial charge in [-0.25, -0.2) is 27.5 Å². The molecule has 3 unspecified atom stereocenters. The Labute approximate surface area is 207 Å². The zero-order valence-electron chi connectivity index (χ0n) is 19.4. The second kappa shape index (κ2) is 12.4. The number of hydrazine groups is 1. The molecular weight excluding hydrogens is 497 g/mol. The van der Waals surface area contributed by atoms with Crippen molar-refractivity contribution >= 4 is 33.6 Å². The molecule has 6 nitrogen and oxygen atoms in total. The van der Waals surface area contributed by atoms with E-state index in [1.165, 1.54) is 35.2 Å². The van der Waals surface area contributed by atoms with E-state index in [4.69, 9.17) is 0 Å². The molecule has 0 amide bonds. The van der Waals surface area contributed by atoms with Crippen molar-refractivity contribution in [2.24, 2.45) is 0 Å². The third kappa shape index (κ3) is 6.97. The average Bonchev–Trinajstić information content (AvgIpc) is 3.19. The molecule has 35 heavy (non-hydrogen) atoms. The number of aromatic nitrogens is 2. The summed E-state index contributed by atoms with van der Waals surface area (Å²) in [5.41, 5.74) is 4.73. The minimum Gasteiger partial charge on any atom is -0.259 e. The van der Waals surface area contributed by atoms with Crippen LogP contribution in [-0.4, -0.2) is 30.5 Å². The maximum Gasteiger partial charge on any atom is 0.151 e. The van der Waals surface area contributed by atoms with E-state index in [1.807, 2.05) is 6.92 Å². The quantitative estimate of drug-likeness (QED) is 0.353. The SMILES string of the molecule is C=C(/C(F)=C\C(F)=C/C)n1nc(/C=C/S(=O)NNCC)c2c1C(Cc1cccc(F)c1)CS(=O)C2. The first-order chi connectivity index (χ1) is 16.7. The molecule has 1 aromatic heterocycles. The van der Waals surface area contributed by atoms with Crippen molar-refractivity contribution in [1.29, 1.82) is 0 Å². The summed E-state index contributed by atoms with van der Waals surface area (Å²) >= 11 is 0. The Bertz CT molecular complexity index is 1240. The summed E-state index contributed by atoms with van der Waals surface area (Å²) in [4.78, 5) is 2.58. The van der Waals surface area contributed by atoms with Crippen LogP contribution in [0.5, 0.6) is 0 Å². The molecule has 0 bridgehead atoms. The number of rotatable bonds is 10. The van der Waals surface area contributed by atoms with E-state index in [0.717, 1.165) is 6.08 Å². The molecule has 0 saturated carbocycles. The molecule has 11 heteroatoms. The van der Waals surface area contributed by atoms with Crippen LogP contribution in [0.15, 0.2) is 60.1 Å². The molecule has 3 rings (SSSR count). The molecular formula is C24H27F3N4O2S2. The molecule has 0 spiro atoms. The normalized spacial score (nSPS) is 19.7. The van der Waals surface area contributed by atoms with E-state index < -0.39 is 45.2 Å². The van der Waals surface area contributed by atoms with Crippen LogP contribution >= 0.6 is 0 Å². The van der Waals surface area contributed by atoms with Crippen LogP contribution in [0.4, 0.5) is 13.2 Å². The Hall–Kier alpha value is -2.60. The van der Waals surface area contributed by atoms with Gasteiger partial charge in [0.05, 0.1) is 22.8 Å². The number of allylic oxidation sites excluding steroid dienone is 5. The summed E-state index contributed by atoms with van der Waals surface area (Å²) in [6, 6.07) is 6.07. The lowest BCUT2D eigenvalue weighted by Crippen LogP contribution is -2.31. The molecule has 1 aliphatic heterocycles. The van der Waals surface area contributed by atoms with Crippen molar-refractivity contribution < 1.29 is 21.6 Å². The first kappa shape index (κ1) is 27.0. The molecule has 2 aromatic rings. The summed E-state index contributed by atoms with van der Waals surface area (Å²) < 4.78 is 68.5. The smallest absolute Gasteiger partial charge is 0.151 e. The van der Waals surface area contributed by atoms with Crippen LogP contribution in [-0.2, 0) is 34.0 Å². The summed E-state index contributed by atoms with van der Waals surface area (Å²) in [6.45, 7) is 7.59. The minimum absolute atomic E-state index is 0.157. The lowest BCUT2D eigenvalue weighted by atomic mass is 9.94. The molecule has 0 fully saturated rings. The van der Waals surface area contributed by atoms with Crippen molar-refractivity contribution in [2.45, 2.75) is 31.9 Å². The van der Waals surface area contributed by atoms with E-state index in [9.17, 15) is 21.6 Å². The average molecular weight is 525 g/mol. The molecule has 0 saturated heterocycles. The fourth-order valence-corrected chi connectivity index (χ4v) is 5.77. The van der Waals surface area contributed by atoms with Gasteiger partial charge in [0, 0.05) is 46.1 Å². The third-order valence-electron chi connectivity index (χ3n) is 5.28. The minimum atomic E-state index is -1.57. The van der Waals surface area contributed by atoms with Gasteiger partial charge in [-0.3, -0.25) is 4.21 Å². The van der Waals surface area contributed by atoms with Crippen molar-refractivity contribution in [2.75, 3.05) is 12.3 Å². The fourth-order valence-electron chi connectivity index (χ4n) is 3.71. The molecule has 2 heterocycles. The molecule has 2 N–H and O–H groups in total. The van der Waals surface area contributed by atoms with E-state index in [-0.39, 0.29) is 17.2 Å². The Morgan fingerprint density at radius 2 is 2.17 bits per heavy atom. The zero-order valence-corrected chi connectivity index (χ0v) is 21.0. The number of benzene rings is 1. The van der Waals surface area contributed by atoms with Crippen molar-refractivity contribution in [3.05, 3.63) is 88.4 Å². The number of halogens is 3. The maximum absolute atomic E-state index is 14.9. The Morgan fingerprint density at radius 3 is 2.86 bits per heavy atom. The second-order valence-electron chi connectivity index (χ2n) is 7.79. The van der Waals surface area contributed by atoms with E-state index in [2.05, 4.69) is 21.9 Å². The van der Waals surface area contributed by atoms with Crippen molar-refractivity contribution in [3.8, 4) is 0 Å². The van der Waals surface area contributed by atoms with Gasteiger partial charge >= 0.3 is 0 Å². The van der Waals surface area contributed by atoms with Crippen molar-refractivity contribution in [1.82, 2.24) is 20.0 Å². The highest BCUT2D eigenvalue weighted by molar-refractivity contribution is 7.86. The van der Waals surface area contributed by atoms with Crippen molar-refractivity contribution in [3.63, 3.8) is 0 Å². The molecule has 3 atom stereocenters. The number of fused-ring (bicyclic) bond motifs is 1. The lowest BCUT2D eigenvalue weighted by Gasteiger charge is -2.24. The van der Waals surface area contributed by atoms with Gasteiger partial charge in [0.15, 0.2) is 5.83 Å².